The van der Waals surface area contributed by atoms with E-state index in [1.165, 1.54) is 37.8 Å². The second-order valence-corrected chi connectivity index (χ2v) is 9.55. The highest BCUT2D eigenvalue weighted by Gasteiger charge is 2.47. The maximum Gasteiger partial charge on any atom is 0.262 e. The Hall–Kier alpha value is -2.34. The molecule has 0 saturated carbocycles. The molecule has 4 heterocycles. The Bertz CT molecular complexity index is 926. The molecule has 3 saturated heterocycles. The molecule has 0 radical (unpaired) electrons. The van der Waals surface area contributed by atoms with Gasteiger partial charge in [-0.25, -0.2) is 0 Å². The quantitative estimate of drug-likeness (QED) is 0.727. The van der Waals surface area contributed by atoms with Crippen molar-refractivity contribution < 1.29 is 14.3 Å². The fourth-order valence-electron chi connectivity index (χ4n) is 6.58. The van der Waals surface area contributed by atoms with Crippen molar-refractivity contribution in [3.63, 3.8) is 0 Å². The summed E-state index contributed by atoms with van der Waals surface area (Å²) in [4.78, 5) is 30.1. The van der Waals surface area contributed by atoms with Gasteiger partial charge in [-0.05, 0) is 68.7 Å². The molecule has 2 bridgehead atoms. The zero-order valence-electron chi connectivity index (χ0n) is 17.3. The number of piperidine rings is 3. The number of rotatable bonds is 1. The third-order valence-electron chi connectivity index (χ3n) is 7.78. The molecule has 2 amide bonds. The minimum atomic E-state index is -0.174. The van der Waals surface area contributed by atoms with E-state index in [-0.39, 0.29) is 24.5 Å². The van der Waals surface area contributed by atoms with Gasteiger partial charge in [0.05, 0.1) is 11.7 Å². The van der Waals surface area contributed by atoms with Gasteiger partial charge in [0.2, 0.25) is 0 Å². The van der Waals surface area contributed by atoms with E-state index < -0.39 is 0 Å². The van der Waals surface area contributed by atoms with Crippen LogP contribution in [0.15, 0.2) is 29.8 Å². The molecule has 158 valence electrons. The molecule has 3 fully saturated rings. The van der Waals surface area contributed by atoms with Gasteiger partial charge in [0.1, 0.15) is 5.75 Å². The fraction of sp³-hybridized carbons (Fsp3) is 0.583. The normalized spacial score (nSPS) is 32.7. The molecule has 1 aromatic carbocycles. The summed E-state index contributed by atoms with van der Waals surface area (Å²) in [5, 5.41) is 2.83. The highest BCUT2D eigenvalue weighted by atomic mass is 16.5. The smallest absolute Gasteiger partial charge is 0.262 e. The molecule has 1 N–H and O–H groups in total. The maximum atomic E-state index is 13.6. The summed E-state index contributed by atoms with van der Waals surface area (Å²) >= 11 is 0. The Labute approximate surface area is 177 Å². The number of ether oxygens (including phenoxy) is 1. The average molecular weight is 408 g/mol. The van der Waals surface area contributed by atoms with Crippen LogP contribution in [0.2, 0.25) is 0 Å². The predicted octanol–water partition coefficient (Wildman–Crippen LogP) is 3.05. The zero-order chi connectivity index (χ0) is 20.2. The number of carbonyl (C=O) groups excluding carboxylic acids is 2. The van der Waals surface area contributed by atoms with E-state index in [1.807, 2.05) is 6.07 Å². The molecule has 30 heavy (non-hydrogen) atoms. The monoisotopic (exact) mass is 407 g/mol. The van der Waals surface area contributed by atoms with Gasteiger partial charge in [0.15, 0.2) is 6.61 Å². The van der Waals surface area contributed by atoms with Crippen LogP contribution < -0.4 is 10.1 Å². The molecule has 0 aromatic heterocycles. The van der Waals surface area contributed by atoms with Crippen molar-refractivity contribution >= 4 is 17.5 Å². The summed E-state index contributed by atoms with van der Waals surface area (Å²) in [6.07, 6.45) is 9.92. The summed E-state index contributed by atoms with van der Waals surface area (Å²) in [7, 11) is 0. The van der Waals surface area contributed by atoms with E-state index >= 15 is 0 Å². The highest BCUT2D eigenvalue weighted by molar-refractivity contribution is 6.00. The number of nitrogens with one attached hydrogen (secondary N) is 1. The number of nitrogens with zero attached hydrogens (tertiary/aromatic N) is 2. The first-order valence-electron chi connectivity index (χ1n) is 11.5. The summed E-state index contributed by atoms with van der Waals surface area (Å²) in [5.74, 6) is 1.74. The van der Waals surface area contributed by atoms with Crippen LogP contribution >= 0.6 is 0 Å². The minimum absolute atomic E-state index is 0.0307. The number of hydrogen-bond donors (Lipinski definition) is 1. The SMILES string of the molecule is O=C1COc2ccc(C(=O)N3CCCC4=CC5CC(CN6CCCCC56)C43)cc2N1. The highest BCUT2D eigenvalue weighted by Crippen LogP contribution is 2.45. The number of likely N-dealkylation sites (tertiary alicyclic amines) is 1. The van der Waals surface area contributed by atoms with E-state index in [2.05, 4.69) is 21.2 Å². The van der Waals surface area contributed by atoms with Crippen molar-refractivity contribution in [2.45, 2.75) is 50.6 Å². The molecule has 1 aliphatic carbocycles. The number of anilines is 1. The lowest BCUT2D eigenvalue weighted by Crippen LogP contribution is -2.60. The molecule has 6 nitrogen and oxygen atoms in total. The Balaban J connectivity index is 1.30. The second kappa shape index (κ2) is 7.12. The predicted molar refractivity (Wildman–Crippen MR) is 114 cm³/mol. The van der Waals surface area contributed by atoms with Gasteiger partial charge in [0, 0.05) is 24.7 Å². The van der Waals surface area contributed by atoms with Crippen molar-refractivity contribution in [3.05, 3.63) is 35.4 Å². The van der Waals surface area contributed by atoms with Crippen molar-refractivity contribution in [1.82, 2.24) is 9.80 Å². The van der Waals surface area contributed by atoms with Gasteiger partial charge in [-0.2, -0.15) is 0 Å². The van der Waals surface area contributed by atoms with Gasteiger partial charge in [-0.3, -0.25) is 14.5 Å². The molecule has 4 aliphatic heterocycles. The first-order chi connectivity index (χ1) is 14.7. The van der Waals surface area contributed by atoms with Gasteiger partial charge in [-0.1, -0.05) is 18.1 Å². The first-order valence-corrected chi connectivity index (χ1v) is 11.5. The summed E-state index contributed by atoms with van der Waals surface area (Å²) in [6.45, 7) is 3.18. The summed E-state index contributed by atoms with van der Waals surface area (Å²) in [5.41, 5.74) is 2.73. The zero-order valence-corrected chi connectivity index (χ0v) is 17.3. The second-order valence-electron chi connectivity index (χ2n) is 9.55. The number of amides is 2. The maximum absolute atomic E-state index is 13.6. The molecule has 1 aromatic rings. The minimum Gasteiger partial charge on any atom is -0.482 e. The van der Waals surface area contributed by atoms with Crippen LogP contribution in [0.1, 0.15) is 48.9 Å². The lowest BCUT2D eigenvalue weighted by atomic mass is 9.68. The Morgan fingerprint density at radius 2 is 2.10 bits per heavy atom. The lowest BCUT2D eigenvalue weighted by Gasteiger charge is -2.54. The molecule has 6 heteroatoms. The molecule has 4 atom stereocenters. The van der Waals surface area contributed by atoms with Crippen molar-refractivity contribution in [2.24, 2.45) is 11.8 Å². The van der Waals surface area contributed by atoms with E-state index in [4.69, 9.17) is 4.74 Å². The third-order valence-corrected chi connectivity index (χ3v) is 7.78. The molecule has 4 unspecified atom stereocenters. The summed E-state index contributed by atoms with van der Waals surface area (Å²) < 4.78 is 5.45. The van der Waals surface area contributed by atoms with Crippen LogP contribution in [0, 0.1) is 11.8 Å². The Morgan fingerprint density at radius 1 is 1.17 bits per heavy atom. The van der Waals surface area contributed by atoms with Crippen LogP contribution in [-0.4, -0.2) is 59.9 Å². The molecular formula is C24H29N3O3. The van der Waals surface area contributed by atoms with E-state index in [1.54, 1.807) is 12.1 Å². The van der Waals surface area contributed by atoms with Crippen molar-refractivity contribution in [1.29, 1.82) is 0 Å². The van der Waals surface area contributed by atoms with Crippen LogP contribution in [-0.2, 0) is 4.79 Å². The first kappa shape index (κ1) is 18.4. The van der Waals surface area contributed by atoms with Crippen molar-refractivity contribution in [2.75, 3.05) is 31.6 Å². The van der Waals surface area contributed by atoms with Crippen LogP contribution in [0.5, 0.6) is 5.75 Å². The molecule has 6 rings (SSSR count). The van der Waals surface area contributed by atoms with E-state index in [0.717, 1.165) is 32.0 Å². The van der Waals surface area contributed by atoms with Gasteiger partial charge < -0.3 is 15.0 Å². The van der Waals surface area contributed by atoms with Crippen LogP contribution in [0.3, 0.4) is 0 Å². The van der Waals surface area contributed by atoms with E-state index in [9.17, 15) is 9.59 Å². The lowest BCUT2D eigenvalue weighted by molar-refractivity contribution is -0.118. The van der Waals surface area contributed by atoms with Gasteiger partial charge in [0.25, 0.3) is 11.8 Å². The summed E-state index contributed by atoms with van der Waals surface area (Å²) in [6, 6.07) is 6.37. The Morgan fingerprint density at radius 3 is 3.03 bits per heavy atom. The topological polar surface area (TPSA) is 61.9 Å². The van der Waals surface area contributed by atoms with Crippen LogP contribution in [0.4, 0.5) is 5.69 Å². The molecule has 0 spiro atoms. The average Bonchev–Trinajstić information content (AvgIpc) is 2.78. The third kappa shape index (κ3) is 2.96. The number of carbonyl (C=O) groups is 2. The number of hydrogen-bond acceptors (Lipinski definition) is 4. The largest absolute Gasteiger partial charge is 0.482 e. The van der Waals surface area contributed by atoms with Gasteiger partial charge in [-0.15, -0.1) is 0 Å². The van der Waals surface area contributed by atoms with Crippen molar-refractivity contribution in [3.8, 4) is 5.75 Å². The fourth-order valence-corrected chi connectivity index (χ4v) is 6.58. The standard InChI is InChI=1S/C24H29N3O3/c28-22-14-30-21-7-6-16(12-19(21)25-22)24(29)27-9-3-4-15-10-17-11-18(23(15)27)13-26-8-2-1-5-20(17)26/h6-7,10,12,17-18,20,23H,1-5,8-9,11,13-14H2,(H,25,28). The van der Waals surface area contributed by atoms with E-state index in [0.29, 0.717) is 28.8 Å². The van der Waals surface area contributed by atoms with Gasteiger partial charge >= 0.3 is 0 Å². The van der Waals surface area contributed by atoms with Crippen LogP contribution in [0.25, 0.3) is 0 Å². The number of fused-ring (bicyclic) bond motifs is 7. The molecular weight excluding hydrogens is 378 g/mol. The Kier molecular flexibility index (Phi) is 4.37. The molecule has 5 aliphatic rings. The number of benzene rings is 1.